The van der Waals surface area contributed by atoms with E-state index >= 15 is 0 Å². The third-order valence-electron chi connectivity index (χ3n) is 4.68. The van der Waals surface area contributed by atoms with Gasteiger partial charge in [0.25, 0.3) is 0 Å². The first-order chi connectivity index (χ1) is 15.0. The molecule has 0 saturated heterocycles. The summed E-state index contributed by atoms with van der Waals surface area (Å²) in [6, 6.07) is 18.5. The summed E-state index contributed by atoms with van der Waals surface area (Å²) in [5.74, 6) is 0.883. The average Bonchev–Trinajstić information content (AvgIpc) is 2.78. The van der Waals surface area contributed by atoms with Crippen LogP contribution in [0.5, 0.6) is 11.5 Å². The van der Waals surface area contributed by atoms with Gasteiger partial charge >= 0.3 is 0 Å². The molecule has 3 aromatic carbocycles. The van der Waals surface area contributed by atoms with Gasteiger partial charge in [-0.15, -0.1) is 0 Å². The molecule has 3 rings (SSSR count). The molecule has 0 aromatic heterocycles. The largest absolute Gasteiger partial charge is 0.493 e. The molecule has 0 atom stereocenters. The van der Waals surface area contributed by atoms with Gasteiger partial charge in [-0.1, -0.05) is 54.4 Å². The van der Waals surface area contributed by atoms with Crippen LogP contribution in [0.1, 0.15) is 23.6 Å². The second-order valence-corrected chi connectivity index (χ2v) is 7.59. The van der Waals surface area contributed by atoms with E-state index < -0.39 is 0 Å². The van der Waals surface area contributed by atoms with E-state index in [4.69, 9.17) is 32.7 Å². The molecule has 6 heteroatoms. The summed E-state index contributed by atoms with van der Waals surface area (Å²) in [7, 11) is 1.56. The van der Waals surface area contributed by atoms with Crippen molar-refractivity contribution in [3.8, 4) is 11.5 Å². The van der Waals surface area contributed by atoms with Gasteiger partial charge in [-0.2, -0.15) is 0 Å². The van der Waals surface area contributed by atoms with E-state index in [-0.39, 0.29) is 12.5 Å². The molecule has 1 N–H and O–H groups in total. The molecule has 0 saturated carbocycles. The average molecular weight is 456 g/mol. The number of hydrogen-bond donors (Lipinski definition) is 1. The van der Waals surface area contributed by atoms with Gasteiger partial charge < -0.3 is 14.8 Å². The third-order valence-corrected chi connectivity index (χ3v) is 5.39. The van der Waals surface area contributed by atoms with Gasteiger partial charge in [0.1, 0.15) is 6.61 Å². The molecule has 0 aliphatic rings. The number of hydrogen-bond acceptors (Lipinski definition) is 3. The van der Waals surface area contributed by atoms with Gasteiger partial charge in [0.2, 0.25) is 5.91 Å². The highest BCUT2D eigenvalue weighted by molar-refractivity contribution is 6.35. The summed E-state index contributed by atoms with van der Waals surface area (Å²) in [6.07, 6.45) is 4.15. The number of carbonyl (C=O) groups is 1. The van der Waals surface area contributed by atoms with Gasteiger partial charge in [0.15, 0.2) is 11.5 Å². The fourth-order valence-corrected chi connectivity index (χ4v) is 3.41. The van der Waals surface area contributed by atoms with Gasteiger partial charge in [-0.05, 0) is 60.0 Å². The number of ether oxygens (including phenoxy) is 2. The minimum Gasteiger partial charge on any atom is -0.493 e. The summed E-state index contributed by atoms with van der Waals surface area (Å²) in [5.41, 5.74) is 3.49. The monoisotopic (exact) mass is 455 g/mol. The number of halogens is 2. The van der Waals surface area contributed by atoms with Crippen molar-refractivity contribution in [3.05, 3.63) is 93.5 Å². The summed E-state index contributed by atoms with van der Waals surface area (Å²) >= 11 is 12.4. The van der Waals surface area contributed by atoms with Crippen molar-refractivity contribution in [3.63, 3.8) is 0 Å². The van der Waals surface area contributed by atoms with Crippen LogP contribution < -0.4 is 14.8 Å². The number of amides is 1. The first-order valence-corrected chi connectivity index (χ1v) is 10.6. The molecule has 0 fully saturated rings. The number of nitrogens with one attached hydrogen (secondary N) is 1. The Morgan fingerprint density at radius 2 is 1.71 bits per heavy atom. The molecule has 0 spiro atoms. The molecule has 160 valence electrons. The van der Waals surface area contributed by atoms with E-state index in [0.717, 1.165) is 17.7 Å². The predicted octanol–water partition coefficient (Wildman–Crippen LogP) is 6.80. The summed E-state index contributed by atoms with van der Waals surface area (Å²) in [4.78, 5) is 12.2. The molecule has 0 bridgehead atoms. The lowest BCUT2D eigenvalue weighted by molar-refractivity contribution is -0.111. The highest BCUT2D eigenvalue weighted by Gasteiger charge is 2.10. The standard InChI is InChI=1S/C25H23Cl2NO3/c1-3-17-7-11-19(12-8-17)28-25(29)14-10-18-9-13-23(24(15-18)30-2)31-16-20-21(26)5-4-6-22(20)27/h4-15H,3,16H2,1-2H3,(H,28,29). The molecular weight excluding hydrogens is 433 g/mol. The van der Waals surface area contributed by atoms with Crippen LogP contribution in [0.3, 0.4) is 0 Å². The van der Waals surface area contributed by atoms with Crippen LogP contribution in [-0.2, 0) is 17.8 Å². The van der Waals surface area contributed by atoms with Crippen molar-refractivity contribution < 1.29 is 14.3 Å². The van der Waals surface area contributed by atoms with Gasteiger partial charge in [-0.25, -0.2) is 0 Å². The topological polar surface area (TPSA) is 47.6 Å². The Morgan fingerprint density at radius 1 is 1.00 bits per heavy atom. The first-order valence-electron chi connectivity index (χ1n) is 9.82. The SMILES string of the molecule is CCc1ccc(NC(=O)C=Cc2ccc(OCc3c(Cl)cccc3Cl)c(OC)c2)cc1. The summed E-state index contributed by atoms with van der Waals surface area (Å²) < 4.78 is 11.3. The van der Waals surface area contributed by atoms with Crippen LogP contribution in [0, 0.1) is 0 Å². The zero-order valence-electron chi connectivity index (χ0n) is 17.3. The quantitative estimate of drug-likeness (QED) is 0.380. The number of aryl methyl sites for hydroxylation is 1. The molecule has 31 heavy (non-hydrogen) atoms. The van der Waals surface area contributed by atoms with E-state index in [1.54, 1.807) is 43.5 Å². The Balaban J connectivity index is 1.65. The van der Waals surface area contributed by atoms with E-state index in [1.165, 1.54) is 11.6 Å². The Morgan fingerprint density at radius 3 is 2.35 bits per heavy atom. The smallest absolute Gasteiger partial charge is 0.248 e. The normalized spacial score (nSPS) is 10.8. The van der Waals surface area contributed by atoms with Crippen molar-refractivity contribution >= 4 is 40.9 Å². The van der Waals surface area contributed by atoms with Gasteiger partial charge in [0, 0.05) is 27.4 Å². The van der Waals surface area contributed by atoms with Crippen molar-refractivity contribution in [2.24, 2.45) is 0 Å². The summed E-state index contributed by atoms with van der Waals surface area (Å²) in [6.45, 7) is 2.30. The molecule has 1 amide bonds. The highest BCUT2D eigenvalue weighted by atomic mass is 35.5. The molecule has 3 aromatic rings. The Labute approximate surface area is 192 Å². The van der Waals surface area contributed by atoms with Crippen LogP contribution in [0.25, 0.3) is 6.08 Å². The Kier molecular flexibility index (Phi) is 7.99. The zero-order chi connectivity index (χ0) is 22.2. The van der Waals surface area contributed by atoms with E-state index in [9.17, 15) is 4.79 Å². The van der Waals surface area contributed by atoms with Crippen LogP contribution >= 0.6 is 23.2 Å². The summed E-state index contributed by atoms with van der Waals surface area (Å²) in [5, 5.41) is 3.93. The second kappa shape index (κ2) is 10.9. The molecule has 4 nitrogen and oxygen atoms in total. The predicted molar refractivity (Wildman–Crippen MR) is 127 cm³/mol. The van der Waals surface area contributed by atoms with Crippen LogP contribution in [0.4, 0.5) is 5.69 Å². The van der Waals surface area contributed by atoms with E-state index in [2.05, 4.69) is 12.2 Å². The van der Waals surface area contributed by atoms with E-state index in [0.29, 0.717) is 27.1 Å². The maximum Gasteiger partial charge on any atom is 0.248 e. The van der Waals surface area contributed by atoms with Crippen LogP contribution in [0.15, 0.2) is 66.7 Å². The van der Waals surface area contributed by atoms with Gasteiger partial charge in [0.05, 0.1) is 7.11 Å². The zero-order valence-corrected chi connectivity index (χ0v) is 18.8. The number of rotatable bonds is 8. The molecule has 0 heterocycles. The maximum atomic E-state index is 12.2. The third kappa shape index (κ3) is 6.27. The van der Waals surface area contributed by atoms with Crippen LogP contribution in [0.2, 0.25) is 10.0 Å². The maximum absolute atomic E-state index is 12.2. The van der Waals surface area contributed by atoms with Crippen molar-refractivity contribution in [1.29, 1.82) is 0 Å². The lowest BCUT2D eigenvalue weighted by Crippen LogP contribution is -2.07. The molecule has 0 aliphatic heterocycles. The fourth-order valence-electron chi connectivity index (χ4n) is 2.91. The lowest BCUT2D eigenvalue weighted by atomic mass is 10.1. The fraction of sp³-hybridized carbons (Fsp3) is 0.160. The number of carbonyl (C=O) groups excluding carboxylic acids is 1. The lowest BCUT2D eigenvalue weighted by Gasteiger charge is -2.13. The molecule has 0 radical (unpaired) electrons. The first kappa shape index (κ1) is 22.7. The number of benzene rings is 3. The highest BCUT2D eigenvalue weighted by Crippen LogP contribution is 2.31. The minimum absolute atomic E-state index is 0.211. The second-order valence-electron chi connectivity index (χ2n) is 6.77. The molecule has 0 aliphatic carbocycles. The van der Waals surface area contributed by atoms with Gasteiger partial charge in [-0.3, -0.25) is 4.79 Å². The Bertz CT molecular complexity index is 1060. The Hall–Kier alpha value is -2.95. The van der Waals surface area contributed by atoms with Crippen LogP contribution in [-0.4, -0.2) is 13.0 Å². The number of anilines is 1. The van der Waals surface area contributed by atoms with Crippen molar-refractivity contribution in [1.82, 2.24) is 0 Å². The number of methoxy groups -OCH3 is 1. The van der Waals surface area contributed by atoms with E-state index in [1.807, 2.05) is 30.3 Å². The molecule has 0 unspecified atom stereocenters. The van der Waals surface area contributed by atoms with Crippen molar-refractivity contribution in [2.75, 3.05) is 12.4 Å². The van der Waals surface area contributed by atoms with Crippen molar-refractivity contribution in [2.45, 2.75) is 20.0 Å². The minimum atomic E-state index is -0.211. The molecular formula is C25H23Cl2NO3.